The van der Waals surface area contributed by atoms with Crippen LogP contribution in [0.4, 0.5) is 0 Å². The zero-order chi connectivity index (χ0) is 17.7. The van der Waals surface area contributed by atoms with E-state index in [1.165, 1.54) is 28.7 Å². The van der Waals surface area contributed by atoms with Gasteiger partial charge in [-0.1, -0.05) is 86.7 Å². The van der Waals surface area contributed by atoms with Crippen LogP contribution in [0.3, 0.4) is 0 Å². The molecule has 24 heavy (non-hydrogen) atoms. The van der Waals surface area contributed by atoms with Crippen molar-refractivity contribution in [3.8, 4) is 0 Å². The lowest BCUT2D eigenvalue weighted by atomic mass is 9.86. The van der Waals surface area contributed by atoms with Crippen molar-refractivity contribution in [2.24, 2.45) is 5.92 Å². The molecule has 0 unspecified atom stereocenters. The summed E-state index contributed by atoms with van der Waals surface area (Å²) in [4.78, 5) is 0. The van der Waals surface area contributed by atoms with Gasteiger partial charge in [-0.25, -0.2) is 0 Å². The van der Waals surface area contributed by atoms with Crippen molar-refractivity contribution in [2.45, 2.75) is 40.0 Å². The second kappa shape index (κ2) is 8.35. The summed E-state index contributed by atoms with van der Waals surface area (Å²) < 4.78 is 0. The lowest BCUT2D eigenvalue weighted by Crippen LogP contribution is -2.02. The van der Waals surface area contributed by atoms with Crippen LogP contribution in [-0.4, -0.2) is 0 Å². The molecule has 1 aromatic carbocycles. The smallest absolute Gasteiger partial charge is 0.0303 e. The van der Waals surface area contributed by atoms with Gasteiger partial charge in [0.15, 0.2) is 0 Å². The van der Waals surface area contributed by atoms with Gasteiger partial charge in [0.1, 0.15) is 0 Å². The first-order valence-corrected chi connectivity index (χ1v) is 8.97. The van der Waals surface area contributed by atoms with Crippen LogP contribution in [0.25, 0.3) is 5.57 Å². The Morgan fingerprint density at radius 2 is 2.04 bits per heavy atom. The summed E-state index contributed by atoms with van der Waals surface area (Å²) >= 11 is 6.56. The van der Waals surface area contributed by atoms with Crippen LogP contribution >= 0.6 is 11.6 Å². The molecule has 0 radical (unpaired) electrons. The van der Waals surface area contributed by atoms with Crippen molar-refractivity contribution in [1.82, 2.24) is 0 Å². The SMILES string of the molecule is C=C/C=C\C1=C(Cl)CC(c2ccc(C)cc2CCC(C)C)=CC1=C. The fourth-order valence-electron chi connectivity index (χ4n) is 3.00. The van der Waals surface area contributed by atoms with Gasteiger partial charge in [-0.3, -0.25) is 0 Å². The Bertz CT molecular complexity index is 726. The number of rotatable bonds is 6. The summed E-state index contributed by atoms with van der Waals surface area (Å²) in [6, 6.07) is 6.73. The molecule has 0 heterocycles. The van der Waals surface area contributed by atoms with Crippen molar-refractivity contribution < 1.29 is 0 Å². The van der Waals surface area contributed by atoms with E-state index < -0.39 is 0 Å². The molecule has 0 N–H and O–H groups in total. The largest absolute Gasteiger partial charge is 0.0991 e. The molecule has 0 saturated carbocycles. The van der Waals surface area contributed by atoms with Gasteiger partial charge in [0.25, 0.3) is 0 Å². The van der Waals surface area contributed by atoms with Crippen molar-refractivity contribution in [3.05, 3.63) is 88.5 Å². The molecule has 1 heteroatoms. The van der Waals surface area contributed by atoms with Crippen molar-refractivity contribution in [1.29, 1.82) is 0 Å². The Morgan fingerprint density at radius 3 is 2.67 bits per heavy atom. The molecular formula is C23H27Cl. The van der Waals surface area contributed by atoms with Crippen LogP contribution in [0.2, 0.25) is 0 Å². The van der Waals surface area contributed by atoms with Gasteiger partial charge >= 0.3 is 0 Å². The van der Waals surface area contributed by atoms with Gasteiger partial charge in [0, 0.05) is 11.5 Å². The van der Waals surface area contributed by atoms with Crippen LogP contribution in [0.1, 0.15) is 43.4 Å². The maximum atomic E-state index is 6.56. The van der Waals surface area contributed by atoms with Gasteiger partial charge in [-0.15, -0.1) is 0 Å². The molecule has 0 bridgehead atoms. The highest BCUT2D eigenvalue weighted by Gasteiger charge is 2.17. The molecule has 0 amide bonds. The maximum absolute atomic E-state index is 6.56. The quantitative estimate of drug-likeness (QED) is 0.482. The Balaban J connectivity index is 2.34. The van der Waals surface area contributed by atoms with E-state index >= 15 is 0 Å². The minimum atomic E-state index is 0.702. The third kappa shape index (κ3) is 4.61. The monoisotopic (exact) mass is 338 g/mol. The molecule has 0 atom stereocenters. The van der Waals surface area contributed by atoms with Gasteiger partial charge in [0.2, 0.25) is 0 Å². The number of allylic oxidation sites excluding steroid dienone is 8. The molecule has 0 aromatic heterocycles. The predicted octanol–water partition coefficient (Wildman–Crippen LogP) is 7.16. The van der Waals surface area contributed by atoms with Gasteiger partial charge in [-0.2, -0.15) is 0 Å². The summed E-state index contributed by atoms with van der Waals surface area (Å²) in [5.74, 6) is 0.702. The summed E-state index contributed by atoms with van der Waals surface area (Å²) in [7, 11) is 0. The van der Waals surface area contributed by atoms with E-state index in [-0.39, 0.29) is 0 Å². The lowest BCUT2D eigenvalue weighted by Gasteiger charge is -2.20. The van der Waals surface area contributed by atoms with E-state index in [4.69, 9.17) is 11.6 Å². The normalized spacial score (nSPS) is 15.4. The highest BCUT2D eigenvalue weighted by molar-refractivity contribution is 6.31. The van der Waals surface area contributed by atoms with Crippen molar-refractivity contribution in [3.63, 3.8) is 0 Å². The summed E-state index contributed by atoms with van der Waals surface area (Å²) in [6.45, 7) is 14.6. The third-order valence-corrected chi connectivity index (χ3v) is 4.67. The fraction of sp³-hybridized carbons (Fsp3) is 0.304. The van der Waals surface area contributed by atoms with Crippen LogP contribution in [0.15, 0.2) is 71.8 Å². The molecule has 1 aliphatic rings. The average molecular weight is 339 g/mol. The van der Waals surface area contributed by atoms with E-state index in [0.717, 1.165) is 29.0 Å². The number of hydrogen-bond donors (Lipinski definition) is 0. The molecule has 126 valence electrons. The molecule has 0 nitrogen and oxygen atoms in total. The molecule has 0 saturated heterocycles. The molecule has 1 aromatic rings. The molecular weight excluding hydrogens is 312 g/mol. The third-order valence-electron chi connectivity index (χ3n) is 4.33. The highest BCUT2D eigenvalue weighted by Crippen LogP contribution is 2.37. The number of benzene rings is 1. The minimum absolute atomic E-state index is 0.702. The first kappa shape index (κ1) is 18.5. The van der Waals surface area contributed by atoms with E-state index in [1.807, 2.05) is 12.2 Å². The summed E-state index contributed by atoms with van der Waals surface area (Å²) in [6.07, 6.45) is 10.9. The molecule has 0 spiro atoms. The summed E-state index contributed by atoms with van der Waals surface area (Å²) in [5, 5.41) is 0.853. The van der Waals surface area contributed by atoms with E-state index in [2.05, 4.69) is 58.2 Å². The first-order valence-electron chi connectivity index (χ1n) is 8.60. The van der Waals surface area contributed by atoms with Gasteiger partial charge < -0.3 is 0 Å². The van der Waals surface area contributed by atoms with E-state index in [0.29, 0.717) is 5.92 Å². The summed E-state index contributed by atoms with van der Waals surface area (Å²) in [5.41, 5.74) is 7.28. The van der Waals surface area contributed by atoms with Crippen LogP contribution in [0, 0.1) is 12.8 Å². The van der Waals surface area contributed by atoms with Gasteiger partial charge in [0.05, 0.1) is 0 Å². The maximum Gasteiger partial charge on any atom is 0.0303 e. The van der Waals surface area contributed by atoms with Gasteiger partial charge in [-0.05, 0) is 53.5 Å². The zero-order valence-electron chi connectivity index (χ0n) is 15.0. The molecule has 1 aliphatic carbocycles. The topological polar surface area (TPSA) is 0 Å². The lowest BCUT2D eigenvalue weighted by molar-refractivity contribution is 0.586. The first-order chi connectivity index (χ1) is 11.4. The standard InChI is InChI=1S/C23H27Cl/c1-6-7-8-21-18(5)14-20(15-23(21)24)22-12-10-17(4)13-19(22)11-9-16(2)3/h6-8,10,12-14,16H,1,5,9,11,15H2,2-4H3/b8-7-. The van der Waals surface area contributed by atoms with Crippen LogP contribution < -0.4 is 0 Å². The zero-order valence-corrected chi connectivity index (χ0v) is 15.8. The Morgan fingerprint density at radius 1 is 1.29 bits per heavy atom. The molecule has 0 fully saturated rings. The highest BCUT2D eigenvalue weighted by atomic mass is 35.5. The number of hydrogen-bond acceptors (Lipinski definition) is 0. The average Bonchev–Trinajstić information content (AvgIpc) is 2.52. The van der Waals surface area contributed by atoms with Crippen LogP contribution in [-0.2, 0) is 6.42 Å². The number of halogens is 1. The second-order valence-corrected chi connectivity index (χ2v) is 7.33. The Hall–Kier alpha value is -1.79. The second-order valence-electron chi connectivity index (χ2n) is 6.88. The Kier molecular flexibility index (Phi) is 6.45. The Labute approximate surface area is 151 Å². The predicted molar refractivity (Wildman–Crippen MR) is 108 cm³/mol. The fourth-order valence-corrected chi connectivity index (χ4v) is 3.33. The minimum Gasteiger partial charge on any atom is -0.0991 e. The van der Waals surface area contributed by atoms with Crippen molar-refractivity contribution in [2.75, 3.05) is 0 Å². The number of aryl methyl sites for hydroxylation is 2. The van der Waals surface area contributed by atoms with Crippen LogP contribution in [0.5, 0.6) is 0 Å². The van der Waals surface area contributed by atoms with E-state index in [9.17, 15) is 0 Å². The van der Waals surface area contributed by atoms with Crippen molar-refractivity contribution >= 4 is 17.2 Å². The molecule has 0 aliphatic heterocycles. The molecule has 2 rings (SSSR count). The van der Waals surface area contributed by atoms with E-state index in [1.54, 1.807) is 6.08 Å².